The summed E-state index contributed by atoms with van der Waals surface area (Å²) >= 11 is 0. The van der Waals surface area contributed by atoms with Crippen molar-refractivity contribution in [2.75, 3.05) is 11.9 Å². The highest BCUT2D eigenvalue weighted by atomic mass is 16.4. The first kappa shape index (κ1) is 25.3. The van der Waals surface area contributed by atoms with E-state index in [9.17, 15) is 14.7 Å². The van der Waals surface area contributed by atoms with E-state index in [0.717, 1.165) is 38.7 Å². The first-order valence-corrected chi connectivity index (χ1v) is 14.1. The minimum absolute atomic E-state index is 0.124. The summed E-state index contributed by atoms with van der Waals surface area (Å²) in [5, 5.41) is 25.3. The molecular formula is C32H31N5O4. The number of amides is 3. The number of urea groups is 1. The Morgan fingerprint density at radius 3 is 2.80 bits per heavy atom. The van der Waals surface area contributed by atoms with Crippen molar-refractivity contribution in [2.24, 2.45) is 0 Å². The van der Waals surface area contributed by atoms with E-state index in [1.807, 2.05) is 72.6 Å². The Labute approximate surface area is 236 Å². The van der Waals surface area contributed by atoms with Crippen LogP contribution >= 0.6 is 0 Å². The zero-order valence-corrected chi connectivity index (χ0v) is 22.8. The number of aryl methyl sites for hydroxylation is 2. The fraction of sp³-hybridized carbons (Fsp3) is 0.281. The standard InChI is InChI=1S/C32H31N5O4/c1-20-14-21(15-24-18-33-35-30(20)24)10-11-26-17-25(36-19-23-7-2-4-8-27(23)34-31(36)38)12-13-37(26,32(39)40)29-16-22-6-3-5-9-28(22)41-29/h2-9,14-16,18,25-26H,10-13,17,19H2,1H3,(H2-,33,34,35,38,39,40). The van der Waals surface area contributed by atoms with E-state index in [0.29, 0.717) is 43.7 Å². The summed E-state index contributed by atoms with van der Waals surface area (Å²) in [4.78, 5) is 28.3. The molecule has 9 nitrogen and oxygen atoms in total. The Morgan fingerprint density at radius 2 is 1.95 bits per heavy atom. The number of nitrogens with zero attached hydrogens (tertiary/aromatic N) is 3. The second-order valence-corrected chi connectivity index (χ2v) is 11.3. The lowest BCUT2D eigenvalue weighted by atomic mass is 9.88. The second kappa shape index (κ2) is 9.78. The minimum Gasteiger partial charge on any atom is -0.498 e. The van der Waals surface area contributed by atoms with Crippen LogP contribution < -0.4 is 14.9 Å². The third-order valence-corrected chi connectivity index (χ3v) is 8.99. The van der Waals surface area contributed by atoms with Gasteiger partial charge in [0.25, 0.3) is 6.09 Å². The lowest BCUT2D eigenvalue weighted by molar-refractivity contribution is -0.269. The summed E-state index contributed by atoms with van der Waals surface area (Å²) in [5.74, 6) is 0.379. The molecule has 4 heterocycles. The van der Waals surface area contributed by atoms with Crippen LogP contribution in [0.2, 0.25) is 0 Å². The molecule has 2 aliphatic rings. The van der Waals surface area contributed by atoms with E-state index in [2.05, 4.69) is 27.6 Å². The van der Waals surface area contributed by atoms with Gasteiger partial charge in [0.15, 0.2) is 0 Å². The number of likely N-dealkylation sites (tertiary alicyclic amines) is 1. The smallest absolute Gasteiger partial charge is 0.322 e. The van der Waals surface area contributed by atoms with Gasteiger partial charge >= 0.3 is 11.9 Å². The third kappa shape index (κ3) is 4.24. The van der Waals surface area contributed by atoms with Crippen LogP contribution in [0.3, 0.4) is 0 Å². The van der Waals surface area contributed by atoms with Gasteiger partial charge in [-0.1, -0.05) is 42.5 Å². The maximum atomic E-state index is 13.2. The number of carbonyl (C=O) groups excluding carboxylic acids is 2. The minimum atomic E-state index is -1.18. The zero-order valence-electron chi connectivity index (χ0n) is 22.8. The number of nitrogens with one attached hydrogen (secondary N) is 2. The number of piperidine rings is 1. The number of carboxylic acid groups (broad SMARTS) is 1. The molecule has 41 heavy (non-hydrogen) atoms. The van der Waals surface area contributed by atoms with E-state index in [1.165, 1.54) is 0 Å². The number of H-pyrrole nitrogens is 1. The predicted octanol–water partition coefficient (Wildman–Crippen LogP) is 5.48. The van der Waals surface area contributed by atoms with Gasteiger partial charge in [-0.15, -0.1) is 0 Å². The number of carbonyl (C=O) groups is 2. The molecule has 0 bridgehead atoms. The van der Waals surface area contributed by atoms with Crippen molar-refractivity contribution in [1.82, 2.24) is 19.6 Å². The number of hydrogen-bond acceptors (Lipinski definition) is 5. The molecule has 1 saturated heterocycles. The van der Waals surface area contributed by atoms with Crippen LogP contribution in [0.4, 0.5) is 21.2 Å². The van der Waals surface area contributed by atoms with Gasteiger partial charge in [-0.3, -0.25) is 5.10 Å². The van der Waals surface area contributed by atoms with Crippen LogP contribution in [0.25, 0.3) is 21.9 Å². The monoisotopic (exact) mass is 549 g/mol. The van der Waals surface area contributed by atoms with Gasteiger partial charge < -0.3 is 24.5 Å². The second-order valence-electron chi connectivity index (χ2n) is 11.3. The van der Waals surface area contributed by atoms with Crippen molar-refractivity contribution in [1.29, 1.82) is 0 Å². The lowest BCUT2D eigenvalue weighted by Crippen LogP contribution is -2.70. The summed E-state index contributed by atoms with van der Waals surface area (Å²) < 4.78 is 5.82. The maximum Gasteiger partial charge on any atom is 0.322 e. The molecule has 0 radical (unpaired) electrons. The molecule has 7 rings (SSSR count). The van der Waals surface area contributed by atoms with Crippen molar-refractivity contribution in [3.8, 4) is 0 Å². The van der Waals surface area contributed by atoms with Crippen LogP contribution in [0.5, 0.6) is 0 Å². The average molecular weight is 550 g/mol. The highest BCUT2D eigenvalue weighted by Crippen LogP contribution is 2.41. The first-order chi connectivity index (χ1) is 19.9. The molecule has 3 aromatic carbocycles. The van der Waals surface area contributed by atoms with Gasteiger partial charge in [0.1, 0.15) is 11.6 Å². The lowest BCUT2D eigenvalue weighted by Gasteiger charge is -2.49. The highest BCUT2D eigenvalue weighted by molar-refractivity contribution is 5.92. The quantitative estimate of drug-likeness (QED) is 0.282. The molecule has 5 aromatic rings. The third-order valence-electron chi connectivity index (χ3n) is 8.99. The van der Waals surface area contributed by atoms with Crippen molar-refractivity contribution >= 4 is 45.6 Å². The van der Waals surface area contributed by atoms with Crippen molar-refractivity contribution < 1.29 is 19.1 Å². The molecule has 0 spiro atoms. The number of furan rings is 1. The van der Waals surface area contributed by atoms with Crippen LogP contribution in [-0.4, -0.2) is 45.9 Å². The summed E-state index contributed by atoms with van der Waals surface area (Å²) in [6.45, 7) is 2.80. The number of rotatable bonds is 5. The fourth-order valence-electron chi connectivity index (χ4n) is 6.86. The average Bonchev–Trinajstić information content (AvgIpc) is 3.63. The highest BCUT2D eigenvalue weighted by Gasteiger charge is 2.50. The van der Waals surface area contributed by atoms with Crippen LogP contribution in [0.15, 0.2) is 77.3 Å². The maximum absolute atomic E-state index is 13.2. The molecule has 2 aliphatic heterocycles. The van der Waals surface area contributed by atoms with Crippen molar-refractivity contribution in [3.05, 3.63) is 89.6 Å². The molecule has 208 valence electrons. The Kier molecular flexibility index (Phi) is 6.04. The summed E-state index contributed by atoms with van der Waals surface area (Å²) in [5.41, 5.74) is 5.74. The van der Waals surface area contributed by atoms with E-state index in [4.69, 9.17) is 4.42 Å². The molecular weight excluding hydrogens is 518 g/mol. The Bertz CT molecular complexity index is 1760. The number of para-hydroxylation sites is 2. The van der Waals surface area contributed by atoms with Gasteiger partial charge in [-0.25, -0.2) is 9.28 Å². The van der Waals surface area contributed by atoms with Gasteiger partial charge in [-0.05, 0) is 48.2 Å². The zero-order chi connectivity index (χ0) is 28.1. The number of quaternary nitrogens is 1. The van der Waals surface area contributed by atoms with Crippen LogP contribution in [0, 0.1) is 6.92 Å². The molecule has 9 heteroatoms. The molecule has 0 saturated carbocycles. The molecule has 2 aromatic heterocycles. The Hall–Kier alpha value is -4.63. The number of anilines is 1. The summed E-state index contributed by atoms with van der Waals surface area (Å²) in [7, 11) is 0. The molecule has 3 unspecified atom stereocenters. The van der Waals surface area contributed by atoms with Crippen molar-refractivity contribution in [2.45, 2.75) is 51.2 Å². The molecule has 2 N–H and O–H groups in total. The van der Waals surface area contributed by atoms with E-state index in [-0.39, 0.29) is 24.7 Å². The van der Waals surface area contributed by atoms with Gasteiger partial charge in [0.2, 0.25) is 0 Å². The Morgan fingerprint density at radius 1 is 1.12 bits per heavy atom. The predicted molar refractivity (Wildman–Crippen MR) is 155 cm³/mol. The van der Waals surface area contributed by atoms with E-state index < -0.39 is 10.6 Å². The fourth-order valence-corrected chi connectivity index (χ4v) is 6.86. The summed E-state index contributed by atoms with van der Waals surface area (Å²) in [6.07, 6.45) is 2.90. The SMILES string of the molecule is Cc1cc(CCC2CC(N3Cc4ccccc4NC3=O)CC[N+]2(C(=O)[O-])c2cc3ccccc3o2)cc2cn[nH]c12. The molecule has 3 amide bonds. The first-order valence-electron chi connectivity index (χ1n) is 14.1. The van der Waals surface area contributed by atoms with Gasteiger partial charge in [-0.2, -0.15) is 5.10 Å². The molecule has 3 atom stereocenters. The van der Waals surface area contributed by atoms with Crippen LogP contribution in [-0.2, 0) is 13.0 Å². The molecule has 1 fully saturated rings. The summed E-state index contributed by atoms with van der Waals surface area (Å²) in [6, 6.07) is 20.8. The van der Waals surface area contributed by atoms with E-state index in [1.54, 1.807) is 0 Å². The number of aromatic amines is 1. The number of benzene rings is 3. The largest absolute Gasteiger partial charge is 0.498 e. The van der Waals surface area contributed by atoms with Crippen molar-refractivity contribution in [3.63, 3.8) is 0 Å². The number of aromatic nitrogens is 2. The molecule has 0 aliphatic carbocycles. The van der Waals surface area contributed by atoms with Gasteiger partial charge in [0.05, 0.1) is 24.3 Å². The van der Waals surface area contributed by atoms with Gasteiger partial charge in [0, 0.05) is 48.3 Å². The normalized spacial score (nSPS) is 22.6. The number of hydrogen-bond donors (Lipinski definition) is 2. The topological polar surface area (TPSA) is 114 Å². The van der Waals surface area contributed by atoms with E-state index >= 15 is 0 Å². The Balaban J connectivity index is 1.25. The van der Waals surface area contributed by atoms with Crippen LogP contribution in [0.1, 0.15) is 36.0 Å². The number of fused-ring (bicyclic) bond motifs is 3.